The summed E-state index contributed by atoms with van der Waals surface area (Å²) in [5.74, 6) is 0.840. The van der Waals surface area contributed by atoms with Gasteiger partial charge in [0.2, 0.25) is 0 Å². The molecule has 4 heteroatoms. The van der Waals surface area contributed by atoms with Gasteiger partial charge in [0.15, 0.2) is 0 Å². The summed E-state index contributed by atoms with van der Waals surface area (Å²) >= 11 is 0. The fraction of sp³-hybridized carbons (Fsp3) is 0.231. The van der Waals surface area contributed by atoms with Crippen LogP contribution in [0.2, 0.25) is 0 Å². The Morgan fingerprint density at radius 1 is 1.35 bits per heavy atom. The first-order chi connectivity index (χ1) is 8.31. The molecule has 0 aliphatic heterocycles. The number of anilines is 2. The zero-order valence-corrected chi connectivity index (χ0v) is 9.85. The number of allylic oxidation sites excluding steroid dienone is 1. The van der Waals surface area contributed by atoms with Crippen molar-refractivity contribution in [1.82, 2.24) is 9.97 Å². The Bertz CT molecular complexity index is 534. The number of nitrogens with zero attached hydrogens (tertiary/aromatic N) is 2. The Labute approximate surface area is 101 Å². The topological polar surface area (TPSA) is 63.8 Å². The van der Waals surface area contributed by atoms with Gasteiger partial charge in [0, 0.05) is 17.6 Å². The maximum atomic E-state index is 5.77. The Morgan fingerprint density at radius 3 is 3.06 bits per heavy atom. The number of hydrogen-bond donors (Lipinski definition) is 2. The van der Waals surface area contributed by atoms with Gasteiger partial charge in [-0.05, 0) is 31.5 Å². The molecule has 88 valence electrons. The average Bonchev–Trinajstić information content (AvgIpc) is 2.35. The summed E-state index contributed by atoms with van der Waals surface area (Å²) in [5, 5.41) is 4.26. The number of nitrogens with two attached hydrogens (primary N) is 1. The van der Waals surface area contributed by atoms with Crippen LogP contribution >= 0.6 is 0 Å². The molecule has 0 amide bonds. The molecule has 0 aliphatic rings. The molecular formula is C13H16N4. The van der Waals surface area contributed by atoms with E-state index in [1.54, 1.807) is 6.33 Å². The first-order valence-corrected chi connectivity index (χ1v) is 5.66. The SMILES string of the molecule is C/C=C/CCNc1ncnc2ccc(N)cc12. The Morgan fingerprint density at radius 2 is 2.24 bits per heavy atom. The minimum atomic E-state index is 0.726. The van der Waals surface area contributed by atoms with Crippen LogP contribution in [0.15, 0.2) is 36.7 Å². The van der Waals surface area contributed by atoms with Crippen molar-refractivity contribution in [3.63, 3.8) is 0 Å². The Kier molecular flexibility index (Phi) is 3.55. The summed E-state index contributed by atoms with van der Waals surface area (Å²) in [6, 6.07) is 5.65. The summed E-state index contributed by atoms with van der Waals surface area (Å²) in [4.78, 5) is 8.45. The van der Waals surface area contributed by atoms with E-state index >= 15 is 0 Å². The largest absolute Gasteiger partial charge is 0.399 e. The number of benzene rings is 1. The predicted molar refractivity (Wildman–Crippen MR) is 71.9 cm³/mol. The normalized spacial score (nSPS) is 11.1. The van der Waals surface area contributed by atoms with E-state index in [0.29, 0.717) is 0 Å². The lowest BCUT2D eigenvalue weighted by atomic mass is 10.2. The van der Waals surface area contributed by atoms with Crippen LogP contribution in [0.3, 0.4) is 0 Å². The first-order valence-electron chi connectivity index (χ1n) is 5.66. The lowest BCUT2D eigenvalue weighted by Crippen LogP contribution is -2.03. The molecule has 4 nitrogen and oxygen atoms in total. The molecular weight excluding hydrogens is 212 g/mol. The lowest BCUT2D eigenvalue weighted by Gasteiger charge is -2.07. The molecule has 1 heterocycles. The van der Waals surface area contributed by atoms with Gasteiger partial charge in [0.1, 0.15) is 12.1 Å². The molecule has 2 aromatic rings. The van der Waals surface area contributed by atoms with Crippen molar-refractivity contribution in [2.75, 3.05) is 17.6 Å². The molecule has 17 heavy (non-hydrogen) atoms. The van der Waals surface area contributed by atoms with E-state index in [1.165, 1.54) is 0 Å². The third kappa shape index (κ3) is 2.72. The zero-order chi connectivity index (χ0) is 12.1. The number of nitrogen functional groups attached to an aromatic ring is 1. The van der Waals surface area contributed by atoms with Crippen molar-refractivity contribution in [3.8, 4) is 0 Å². The highest BCUT2D eigenvalue weighted by Gasteiger charge is 2.02. The third-order valence-corrected chi connectivity index (χ3v) is 2.50. The average molecular weight is 228 g/mol. The van der Waals surface area contributed by atoms with E-state index in [9.17, 15) is 0 Å². The monoisotopic (exact) mass is 228 g/mol. The van der Waals surface area contributed by atoms with Crippen molar-refractivity contribution in [3.05, 3.63) is 36.7 Å². The van der Waals surface area contributed by atoms with Gasteiger partial charge >= 0.3 is 0 Å². The van der Waals surface area contributed by atoms with Gasteiger partial charge in [-0.3, -0.25) is 0 Å². The Hall–Kier alpha value is -2.10. The molecule has 3 N–H and O–H groups in total. The van der Waals surface area contributed by atoms with Crippen LogP contribution in [0, 0.1) is 0 Å². The molecule has 2 rings (SSSR count). The van der Waals surface area contributed by atoms with Gasteiger partial charge in [0.25, 0.3) is 0 Å². The van der Waals surface area contributed by atoms with Crippen molar-refractivity contribution in [2.24, 2.45) is 0 Å². The molecule has 0 saturated heterocycles. The third-order valence-electron chi connectivity index (χ3n) is 2.50. The quantitative estimate of drug-likeness (QED) is 0.479. The molecule has 0 fully saturated rings. The smallest absolute Gasteiger partial charge is 0.137 e. The highest BCUT2D eigenvalue weighted by atomic mass is 15.0. The number of hydrogen-bond acceptors (Lipinski definition) is 4. The van der Waals surface area contributed by atoms with Crippen molar-refractivity contribution < 1.29 is 0 Å². The van der Waals surface area contributed by atoms with Gasteiger partial charge in [-0.1, -0.05) is 12.2 Å². The van der Waals surface area contributed by atoms with E-state index in [0.717, 1.165) is 35.4 Å². The second-order valence-corrected chi connectivity index (χ2v) is 3.78. The lowest BCUT2D eigenvalue weighted by molar-refractivity contribution is 1.04. The van der Waals surface area contributed by atoms with Crippen LogP contribution < -0.4 is 11.1 Å². The van der Waals surface area contributed by atoms with Crippen LogP contribution in [0.4, 0.5) is 11.5 Å². The van der Waals surface area contributed by atoms with Crippen molar-refractivity contribution >= 4 is 22.4 Å². The van der Waals surface area contributed by atoms with E-state index in [4.69, 9.17) is 5.73 Å². The van der Waals surface area contributed by atoms with Gasteiger partial charge in [-0.2, -0.15) is 0 Å². The summed E-state index contributed by atoms with van der Waals surface area (Å²) < 4.78 is 0. The minimum Gasteiger partial charge on any atom is -0.399 e. The number of nitrogens with one attached hydrogen (secondary N) is 1. The predicted octanol–water partition coefficient (Wildman–Crippen LogP) is 2.59. The van der Waals surface area contributed by atoms with E-state index in [1.807, 2.05) is 31.2 Å². The van der Waals surface area contributed by atoms with Gasteiger partial charge in [-0.15, -0.1) is 0 Å². The Balaban J connectivity index is 2.24. The fourth-order valence-corrected chi connectivity index (χ4v) is 1.66. The number of fused-ring (bicyclic) bond motifs is 1. The minimum absolute atomic E-state index is 0.726. The molecule has 0 radical (unpaired) electrons. The molecule has 0 bridgehead atoms. The first kappa shape index (κ1) is 11.4. The second-order valence-electron chi connectivity index (χ2n) is 3.78. The molecule has 0 aliphatic carbocycles. The van der Waals surface area contributed by atoms with Crippen molar-refractivity contribution in [2.45, 2.75) is 13.3 Å². The maximum absolute atomic E-state index is 5.77. The van der Waals surface area contributed by atoms with Gasteiger partial charge in [-0.25, -0.2) is 9.97 Å². The molecule has 0 saturated carbocycles. The molecule has 1 aromatic heterocycles. The van der Waals surface area contributed by atoms with E-state index < -0.39 is 0 Å². The molecule has 0 atom stereocenters. The van der Waals surface area contributed by atoms with Crippen molar-refractivity contribution in [1.29, 1.82) is 0 Å². The van der Waals surface area contributed by atoms with Gasteiger partial charge < -0.3 is 11.1 Å². The van der Waals surface area contributed by atoms with Crippen LogP contribution in [-0.2, 0) is 0 Å². The second kappa shape index (κ2) is 5.30. The van der Waals surface area contributed by atoms with Gasteiger partial charge in [0.05, 0.1) is 5.52 Å². The highest BCUT2D eigenvalue weighted by molar-refractivity contribution is 5.91. The molecule has 0 spiro atoms. The number of rotatable bonds is 4. The molecule has 0 unspecified atom stereocenters. The zero-order valence-electron chi connectivity index (χ0n) is 9.85. The molecule has 1 aromatic carbocycles. The number of aromatic nitrogens is 2. The fourth-order valence-electron chi connectivity index (χ4n) is 1.66. The summed E-state index contributed by atoms with van der Waals surface area (Å²) in [6.07, 6.45) is 6.70. The van der Waals surface area contributed by atoms with E-state index in [2.05, 4.69) is 21.4 Å². The van der Waals surface area contributed by atoms with Crippen LogP contribution in [0.1, 0.15) is 13.3 Å². The summed E-state index contributed by atoms with van der Waals surface area (Å²) in [5.41, 5.74) is 7.41. The van der Waals surface area contributed by atoms with Crippen LogP contribution in [-0.4, -0.2) is 16.5 Å². The summed E-state index contributed by atoms with van der Waals surface area (Å²) in [6.45, 7) is 2.87. The standard InChI is InChI=1S/C13H16N4/c1-2-3-4-7-15-13-11-8-10(14)5-6-12(11)16-9-17-13/h2-3,5-6,8-9H,4,7,14H2,1H3,(H,15,16,17)/b3-2+. The maximum Gasteiger partial charge on any atom is 0.137 e. The van der Waals surface area contributed by atoms with Crippen LogP contribution in [0.5, 0.6) is 0 Å². The van der Waals surface area contributed by atoms with Crippen LogP contribution in [0.25, 0.3) is 10.9 Å². The summed E-state index contributed by atoms with van der Waals surface area (Å²) in [7, 11) is 0. The highest BCUT2D eigenvalue weighted by Crippen LogP contribution is 2.21. The van der Waals surface area contributed by atoms with E-state index in [-0.39, 0.29) is 0 Å².